The van der Waals surface area contributed by atoms with E-state index < -0.39 is 11.6 Å². The molecule has 0 amide bonds. The first kappa shape index (κ1) is 14.2. The van der Waals surface area contributed by atoms with Gasteiger partial charge in [-0.1, -0.05) is 0 Å². The van der Waals surface area contributed by atoms with Crippen LogP contribution in [-0.4, -0.2) is 23.1 Å². The molecule has 6 heteroatoms. The van der Waals surface area contributed by atoms with Crippen LogP contribution < -0.4 is 10.6 Å². The molecule has 0 saturated carbocycles. The van der Waals surface area contributed by atoms with Gasteiger partial charge in [-0.3, -0.25) is 0 Å². The zero-order chi connectivity index (χ0) is 14.4. The van der Waals surface area contributed by atoms with Crippen LogP contribution in [0.2, 0.25) is 0 Å². The van der Waals surface area contributed by atoms with E-state index in [1.54, 1.807) is 12.3 Å². The summed E-state index contributed by atoms with van der Waals surface area (Å²) in [4.78, 5) is 8.30. The maximum atomic E-state index is 13.0. The molecule has 0 saturated heterocycles. The Bertz CT molecular complexity index is 555. The third-order valence-electron chi connectivity index (χ3n) is 2.63. The Hall–Kier alpha value is -2.24. The SMILES string of the molecule is CCNc1nccc(NCCc2cc(F)cc(F)c2)n1. The molecule has 1 aromatic heterocycles. The molecule has 2 N–H and O–H groups in total. The maximum absolute atomic E-state index is 13.0. The normalized spacial score (nSPS) is 10.3. The molecule has 2 aromatic rings. The topological polar surface area (TPSA) is 49.8 Å². The van der Waals surface area contributed by atoms with Crippen molar-refractivity contribution in [3.05, 3.63) is 47.7 Å². The van der Waals surface area contributed by atoms with Crippen molar-refractivity contribution in [3.8, 4) is 0 Å². The molecular weight excluding hydrogens is 262 g/mol. The lowest BCUT2D eigenvalue weighted by atomic mass is 10.1. The molecule has 0 aliphatic carbocycles. The van der Waals surface area contributed by atoms with Crippen LogP contribution in [0, 0.1) is 11.6 Å². The molecule has 0 atom stereocenters. The molecule has 0 radical (unpaired) electrons. The summed E-state index contributed by atoms with van der Waals surface area (Å²) < 4.78 is 26.1. The van der Waals surface area contributed by atoms with Crippen molar-refractivity contribution in [2.45, 2.75) is 13.3 Å². The molecule has 1 heterocycles. The van der Waals surface area contributed by atoms with Gasteiger partial charge in [0, 0.05) is 25.4 Å². The van der Waals surface area contributed by atoms with Gasteiger partial charge in [0.2, 0.25) is 5.95 Å². The highest BCUT2D eigenvalue weighted by molar-refractivity contribution is 5.39. The van der Waals surface area contributed by atoms with E-state index in [0.717, 1.165) is 12.6 Å². The van der Waals surface area contributed by atoms with Crippen LogP contribution in [0.3, 0.4) is 0 Å². The van der Waals surface area contributed by atoms with E-state index in [9.17, 15) is 8.78 Å². The van der Waals surface area contributed by atoms with E-state index >= 15 is 0 Å². The minimum Gasteiger partial charge on any atom is -0.370 e. The van der Waals surface area contributed by atoms with Crippen LogP contribution in [0.1, 0.15) is 12.5 Å². The van der Waals surface area contributed by atoms with Crippen molar-refractivity contribution < 1.29 is 8.78 Å². The van der Waals surface area contributed by atoms with Gasteiger partial charge in [0.25, 0.3) is 0 Å². The second-order valence-corrected chi connectivity index (χ2v) is 4.25. The number of halogens is 2. The Balaban J connectivity index is 1.90. The van der Waals surface area contributed by atoms with Crippen molar-refractivity contribution >= 4 is 11.8 Å². The van der Waals surface area contributed by atoms with E-state index in [2.05, 4.69) is 20.6 Å². The second-order valence-electron chi connectivity index (χ2n) is 4.25. The van der Waals surface area contributed by atoms with Gasteiger partial charge >= 0.3 is 0 Å². The minimum atomic E-state index is -0.559. The highest BCUT2D eigenvalue weighted by atomic mass is 19.1. The maximum Gasteiger partial charge on any atom is 0.224 e. The number of anilines is 2. The summed E-state index contributed by atoms with van der Waals surface area (Å²) in [5.74, 6) is 0.107. The molecule has 0 fully saturated rings. The number of hydrogen-bond acceptors (Lipinski definition) is 4. The molecule has 0 bridgehead atoms. The van der Waals surface area contributed by atoms with Gasteiger partial charge in [-0.2, -0.15) is 4.98 Å². The fraction of sp³-hybridized carbons (Fsp3) is 0.286. The van der Waals surface area contributed by atoms with Crippen molar-refractivity contribution in [2.24, 2.45) is 0 Å². The third-order valence-corrected chi connectivity index (χ3v) is 2.63. The fourth-order valence-corrected chi connectivity index (χ4v) is 1.79. The average molecular weight is 278 g/mol. The first-order valence-electron chi connectivity index (χ1n) is 6.43. The summed E-state index contributed by atoms with van der Waals surface area (Å²) in [6.07, 6.45) is 2.16. The first-order chi connectivity index (χ1) is 9.67. The van der Waals surface area contributed by atoms with Gasteiger partial charge in [-0.15, -0.1) is 0 Å². The highest BCUT2D eigenvalue weighted by Gasteiger charge is 2.01. The largest absolute Gasteiger partial charge is 0.370 e. The van der Waals surface area contributed by atoms with Gasteiger partial charge in [-0.05, 0) is 37.1 Å². The predicted octanol–water partition coefficient (Wildman–Crippen LogP) is 2.84. The highest BCUT2D eigenvalue weighted by Crippen LogP contribution is 2.10. The fourth-order valence-electron chi connectivity index (χ4n) is 1.79. The Morgan fingerprint density at radius 2 is 1.85 bits per heavy atom. The zero-order valence-electron chi connectivity index (χ0n) is 11.2. The lowest BCUT2D eigenvalue weighted by Crippen LogP contribution is -2.09. The number of hydrogen-bond donors (Lipinski definition) is 2. The summed E-state index contributed by atoms with van der Waals surface area (Å²) in [7, 11) is 0. The number of benzene rings is 1. The molecule has 2 rings (SSSR count). The van der Waals surface area contributed by atoms with Gasteiger partial charge in [-0.25, -0.2) is 13.8 Å². The van der Waals surface area contributed by atoms with Gasteiger partial charge in [0.05, 0.1) is 0 Å². The van der Waals surface area contributed by atoms with E-state index in [1.165, 1.54) is 12.1 Å². The van der Waals surface area contributed by atoms with Crippen molar-refractivity contribution in [1.82, 2.24) is 9.97 Å². The van der Waals surface area contributed by atoms with Crippen LogP contribution in [0.15, 0.2) is 30.5 Å². The van der Waals surface area contributed by atoms with E-state index in [1.807, 2.05) is 6.92 Å². The average Bonchev–Trinajstić information content (AvgIpc) is 2.38. The molecule has 20 heavy (non-hydrogen) atoms. The number of nitrogens with zero attached hydrogens (tertiary/aromatic N) is 2. The summed E-state index contributed by atoms with van der Waals surface area (Å²) in [5.41, 5.74) is 0.607. The van der Waals surface area contributed by atoms with Crippen molar-refractivity contribution in [1.29, 1.82) is 0 Å². The lowest BCUT2D eigenvalue weighted by molar-refractivity contribution is 0.580. The molecule has 106 valence electrons. The molecule has 4 nitrogen and oxygen atoms in total. The quantitative estimate of drug-likeness (QED) is 0.853. The van der Waals surface area contributed by atoms with Crippen LogP contribution in [0.4, 0.5) is 20.5 Å². The second kappa shape index (κ2) is 6.79. The molecule has 1 aromatic carbocycles. The summed E-state index contributed by atoms with van der Waals surface area (Å²) in [5, 5.41) is 6.10. The van der Waals surface area contributed by atoms with Gasteiger partial charge in [0.1, 0.15) is 17.5 Å². The Morgan fingerprint density at radius 1 is 1.10 bits per heavy atom. The van der Waals surface area contributed by atoms with Gasteiger partial charge < -0.3 is 10.6 Å². The molecule has 0 unspecified atom stereocenters. The van der Waals surface area contributed by atoms with E-state index in [-0.39, 0.29) is 0 Å². The number of rotatable bonds is 6. The summed E-state index contributed by atoms with van der Waals surface area (Å²) in [6, 6.07) is 5.26. The molecule has 0 spiro atoms. The van der Waals surface area contributed by atoms with Crippen molar-refractivity contribution in [3.63, 3.8) is 0 Å². The van der Waals surface area contributed by atoms with E-state index in [0.29, 0.717) is 30.3 Å². The van der Waals surface area contributed by atoms with Crippen LogP contribution in [-0.2, 0) is 6.42 Å². The van der Waals surface area contributed by atoms with Crippen LogP contribution in [0.25, 0.3) is 0 Å². The van der Waals surface area contributed by atoms with E-state index in [4.69, 9.17) is 0 Å². The Labute approximate surface area is 116 Å². The van der Waals surface area contributed by atoms with Crippen LogP contribution >= 0.6 is 0 Å². The van der Waals surface area contributed by atoms with Gasteiger partial charge in [0.15, 0.2) is 0 Å². The number of nitrogens with one attached hydrogen (secondary N) is 2. The first-order valence-corrected chi connectivity index (χ1v) is 6.43. The molecular formula is C14H16F2N4. The zero-order valence-corrected chi connectivity index (χ0v) is 11.2. The predicted molar refractivity (Wildman–Crippen MR) is 74.7 cm³/mol. The molecule has 0 aliphatic heterocycles. The summed E-state index contributed by atoms with van der Waals surface area (Å²) >= 11 is 0. The Morgan fingerprint density at radius 3 is 2.55 bits per heavy atom. The smallest absolute Gasteiger partial charge is 0.224 e. The summed E-state index contributed by atoms with van der Waals surface area (Å²) in [6.45, 7) is 3.24. The monoisotopic (exact) mass is 278 g/mol. The minimum absolute atomic E-state index is 0.509. The van der Waals surface area contributed by atoms with Crippen LogP contribution in [0.5, 0.6) is 0 Å². The standard InChI is InChI=1S/C14H16F2N4/c1-2-17-14-19-6-4-13(20-14)18-5-3-10-7-11(15)9-12(16)8-10/h4,6-9H,2-3,5H2,1H3,(H2,17,18,19,20). The lowest BCUT2D eigenvalue weighted by Gasteiger charge is -2.07. The Kier molecular flexibility index (Phi) is 4.81. The number of aromatic nitrogens is 2. The van der Waals surface area contributed by atoms with Crippen molar-refractivity contribution in [2.75, 3.05) is 23.7 Å². The third kappa shape index (κ3) is 4.15. The molecule has 0 aliphatic rings.